The SMILES string of the molecule is C#CCC(NC(=O)Nc1ccc(S(N)(=O)=O)cc1)C(=O)O. The number of terminal acetylenes is 1. The maximum absolute atomic E-state index is 11.6. The molecule has 0 aliphatic heterocycles. The molecule has 0 aliphatic rings. The third-order valence-electron chi connectivity index (χ3n) is 2.37. The number of carbonyl (C=O) groups excluding carboxylic acids is 1. The molecule has 0 aliphatic carbocycles. The van der Waals surface area contributed by atoms with Crippen LogP contribution in [0.3, 0.4) is 0 Å². The summed E-state index contributed by atoms with van der Waals surface area (Å²) < 4.78 is 22.1. The number of nitrogens with one attached hydrogen (secondary N) is 2. The monoisotopic (exact) mass is 311 g/mol. The van der Waals surface area contributed by atoms with E-state index in [4.69, 9.17) is 16.7 Å². The van der Waals surface area contributed by atoms with E-state index in [9.17, 15) is 18.0 Å². The highest BCUT2D eigenvalue weighted by Crippen LogP contribution is 2.12. The zero-order valence-electron chi connectivity index (χ0n) is 10.7. The smallest absolute Gasteiger partial charge is 0.327 e. The minimum absolute atomic E-state index is 0.107. The third kappa shape index (κ3) is 5.13. The summed E-state index contributed by atoms with van der Waals surface area (Å²) in [5.74, 6) is 0.882. The summed E-state index contributed by atoms with van der Waals surface area (Å²) in [5.41, 5.74) is 0.268. The van der Waals surface area contributed by atoms with Gasteiger partial charge in [0.15, 0.2) is 0 Å². The minimum Gasteiger partial charge on any atom is -0.480 e. The van der Waals surface area contributed by atoms with E-state index in [2.05, 4.69) is 16.6 Å². The number of carboxylic acid groups (broad SMARTS) is 1. The number of hydrogen-bond acceptors (Lipinski definition) is 4. The molecule has 0 saturated carbocycles. The van der Waals surface area contributed by atoms with Crippen LogP contribution in [0.2, 0.25) is 0 Å². The van der Waals surface area contributed by atoms with E-state index in [1.807, 2.05) is 0 Å². The van der Waals surface area contributed by atoms with E-state index in [1.54, 1.807) is 0 Å². The molecule has 1 unspecified atom stereocenters. The van der Waals surface area contributed by atoms with E-state index in [0.717, 1.165) is 0 Å². The van der Waals surface area contributed by atoms with Gasteiger partial charge in [0.25, 0.3) is 0 Å². The quantitative estimate of drug-likeness (QED) is 0.564. The molecule has 0 spiro atoms. The van der Waals surface area contributed by atoms with Gasteiger partial charge in [0, 0.05) is 12.1 Å². The maximum atomic E-state index is 11.6. The molecule has 0 heterocycles. The normalized spacial score (nSPS) is 12.0. The lowest BCUT2D eigenvalue weighted by molar-refractivity contribution is -0.139. The van der Waals surface area contributed by atoms with Crippen molar-refractivity contribution in [2.75, 3.05) is 5.32 Å². The molecular formula is C12H13N3O5S. The Labute approximate surface area is 121 Å². The van der Waals surface area contributed by atoms with Crippen LogP contribution in [-0.4, -0.2) is 31.6 Å². The van der Waals surface area contributed by atoms with E-state index in [-0.39, 0.29) is 17.0 Å². The van der Waals surface area contributed by atoms with E-state index in [1.165, 1.54) is 24.3 Å². The fraction of sp³-hybridized carbons (Fsp3) is 0.167. The average molecular weight is 311 g/mol. The number of sulfonamides is 1. The molecule has 21 heavy (non-hydrogen) atoms. The third-order valence-corrected chi connectivity index (χ3v) is 3.30. The van der Waals surface area contributed by atoms with Crippen molar-refractivity contribution in [3.63, 3.8) is 0 Å². The van der Waals surface area contributed by atoms with Gasteiger partial charge in [-0.2, -0.15) is 0 Å². The maximum Gasteiger partial charge on any atom is 0.327 e. The predicted octanol–water partition coefficient (Wildman–Crippen LogP) is -0.0680. The second-order valence-corrected chi connectivity index (χ2v) is 5.53. The molecule has 1 rings (SSSR count). The Morgan fingerprint density at radius 2 is 1.90 bits per heavy atom. The number of benzene rings is 1. The van der Waals surface area contributed by atoms with Crippen LogP contribution >= 0.6 is 0 Å². The van der Waals surface area contributed by atoms with Crippen molar-refractivity contribution in [2.24, 2.45) is 5.14 Å². The van der Waals surface area contributed by atoms with E-state index >= 15 is 0 Å². The molecule has 2 amide bonds. The summed E-state index contributed by atoms with van der Waals surface area (Å²) in [4.78, 5) is 22.3. The molecule has 5 N–H and O–H groups in total. The van der Waals surface area contributed by atoms with Crippen LogP contribution in [0.5, 0.6) is 0 Å². The Bertz CT molecular complexity index is 676. The number of urea groups is 1. The zero-order valence-corrected chi connectivity index (χ0v) is 11.6. The molecule has 1 aromatic carbocycles. The molecule has 0 fully saturated rings. The van der Waals surface area contributed by atoms with E-state index in [0.29, 0.717) is 0 Å². The van der Waals surface area contributed by atoms with Crippen molar-refractivity contribution >= 4 is 27.7 Å². The highest BCUT2D eigenvalue weighted by Gasteiger charge is 2.18. The van der Waals surface area contributed by atoms with E-state index < -0.39 is 28.1 Å². The lowest BCUT2D eigenvalue weighted by atomic mass is 10.2. The highest BCUT2D eigenvalue weighted by molar-refractivity contribution is 7.89. The standard InChI is InChI=1S/C12H13N3O5S/c1-2-3-10(11(16)17)15-12(18)14-8-4-6-9(7-5-8)21(13,19)20/h1,4-7,10H,3H2,(H,16,17)(H2,13,19,20)(H2,14,15,18). The first kappa shape index (κ1) is 16.5. The minimum atomic E-state index is -3.81. The van der Waals surface area contributed by atoms with Crippen LogP contribution in [0, 0.1) is 12.3 Å². The fourth-order valence-corrected chi connectivity index (χ4v) is 1.89. The van der Waals surface area contributed by atoms with Crippen LogP contribution in [0.25, 0.3) is 0 Å². The van der Waals surface area contributed by atoms with Crippen LogP contribution in [0.1, 0.15) is 6.42 Å². The predicted molar refractivity (Wildman–Crippen MR) is 74.8 cm³/mol. The van der Waals surface area contributed by atoms with Gasteiger partial charge in [0.2, 0.25) is 10.0 Å². The Morgan fingerprint density at radius 3 is 2.33 bits per heavy atom. The van der Waals surface area contributed by atoms with Crippen molar-refractivity contribution in [1.82, 2.24) is 5.32 Å². The average Bonchev–Trinajstić information content (AvgIpc) is 2.37. The lowest BCUT2D eigenvalue weighted by Gasteiger charge is -2.12. The van der Waals surface area contributed by atoms with Crippen LogP contribution in [0.4, 0.5) is 10.5 Å². The van der Waals surface area contributed by atoms with Crippen molar-refractivity contribution in [3.8, 4) is 12.3 Å². The number of primary sulfonamides is 1. The number of carboxylic acids is 1. The molecule has 1 aromatic rings. The summed E-state index contributed by atoms with van der Waals surface area (Å²) in [7, 11) is -3.81. The largest absolute Gasteiger partial charge is 0.480 e. The van der Waals surface area contributed by atoms with Gasteiger partial charge in [-0.15, -0.1) is 12.3 Å². The fourth-order valence-electron chi connectivity index (χ4n) is 1.37. The Balaban J connectivity index is 2.71. The first-order valence-corrected chi connectivity index (χ1v) is 7.15. The van der Waals surface area contributed by atoms with Crippen molar-refractivity contribution < 1.29 is 23.1 Å². The van der Waals surface area contributed by atoms with Gasteiger partial charge in [-0.1, -0.05) is 0 Å². The van der Waals surface area contributed by atoms with Crippen molar-refractivity contribution in [3.05, 3.63) is 24.3 Å². The Hall–Kier alpha value is -2.57. The second kappa shape index (κ2) is 6.74. The summed E-state index contributed by atoms with van der Waals surface area (Å²) in [6.45, 7) is 0. The van der Waals surface area contributed by atoms with Gasteiger partial charge >= 0.3 is 12.0 Å². The molecule has 0 bridgehead atoms. The van der Waals surface area contributed by atoms with Crippen molar-refractivity contribution in [2.45, 2.75) is 17.4 Å². The zero-order chi connectivity index (χ0) is 16.0. The molecule has 9 heteroatoms. The Morgan fingerprint density at radius 1 is 1.33 bits per heavy atom. The van der Waals surface area contributed by atoms with Gasteiger partial charge < -0.3 is 15.7 Å². The molecule has 112 valence electrons. The summed E-state index contributed by atoms with van der Waals surface area (Å²) in [6.07, 6.45) is 4.84. The number of carbonyl (C=O) groups is 2. The first-order chi connectivity index (χ1) is 9.74. The number of anilines is 1. The van der Waals surface area contributed by atoms with Gasteiger partial charge in [-0.3, -0.25) is 0 Å². The highest BCUT2D eigenvalue weighted by atomic mass is 32.2. The molecular weight excluding hydrogens is 298 g/mol. The molecule has 1 atom stereocenters. The summed E-state index contributed by atoms with van der Waals surface area (Å²) >= 11 is 0. The lowest BCUT2D eigenvalue weighted by Crippen LogP contribution is -2.42. The summed E-state index contributed by atoms with van der Waals surface area (Å²) in [5, 5.41) is 18.3. The number of rotatable bonds is 5. The van der Waals surface area contributed by atoms with Gasteiger partial charge in [-0.25, -0.2) is 23.1 Å². The molecule has 0 saturated heterocycles. The number of hydrogen-bond donors (Lipinski definition) is 4. The van der Waals surface area contributed by atoms with Crippen molar-refractivity contribution in [1.29, 1.82) is 0 Å². The number of amides is 2. The van der Waals surface area contributed by atoms with Crippen LogP contribution in [0.15, 0.2) is 29.2 Å². The number of aliphatic carboxylic acids is 1. The molecule has 0 radical (unpaired) electrons. The first-order valence-electron chi connectivity index (χ1n) is 5.60. The second-order valence-electron chi connectivity index (χ2n) is 3.97. The molecule has 0 aromatic heterocycles. The topological polar surface area (TPSA) is 139 Å². The van der Waals surface area contributed by atoms with Crippen LogP contribution in [-0.2, 0) is 14.8 Å². The summed E-state index contributed by atoms with van der Waals surface area (Å²) in [6, 6.07) is 3.06. The van der Waals surface area contributed by atoms with Gasteiger partial charge in [-0.05, 0) is 24.3 Å². The van der Waals surface area contributed by atoms with Gasteiger partial charge in [0.05, 0.1) is 4.90 Å². The van der Waals surface area contributed by atoms with Crippen LogP contribution < -0.4 is 15.8 Å². The molecule has 8 nitrogen and oxygen atoms in total. The Kier molecular flexibility index (Phi) is 5.29. The number of nitrogens with two attached hydrogens (primary N) is 1. The van der Waals surface area contributed by atoms with Gasteiger partial charge in [0.1, 0.15) is 6.04 Å².